The molecule has 0 spiro atoms. The number of rotatable bonds is 4. The van der Waals surface area contributed by atoms with Crippen molar-refractivity contribution in [1.29, 1.82) is 0 Å². The third kappa shape index (κ3) is 3.86. The van der Waals surface area contributed by atoms with E-state index in [0.29, 0.717) is 16.3 Å². The fourth-order valence-electron chi connectivity index (χ4n) is 3.48. The highest BCUT2D eigenvalue weighted by Gasteiger charge is 2.19. The third-order valence-corrected chi connectivity index (χ3v) is 5.86. The minimum atomic E-state index is -0.227. The van der Waals surface area contributed by atoms with Crippen molar-refractivity contribution in [3.05, 3.63) is 40.3 Å². The van der Waals surface area contributed by atoms with Crippen molar-refractivity contribution in [2.24, 2.45) is 5.92 Å². The Morgan fingerprint density at radius 1 is 1.30 bits per heavy atom. The van der Waals surface area contributed by atoms with E-state index in [9.17, 15) is 4.79 Å². The standard InChI is InChI=1S/C19H24N6OS/c1-12-4-6-24(7-5-12)10-15-11-27-19(22-15)23-18(26)16-9-20-25-14(3)8-13(2)21-17(16)25/h8-9,11-12H,4-7,10H2,1-3H3,(H,22,23,26). The Morgan fingerprint density at radius 3 is 2.85 bits per heavy atom. The van der Waals surface area contributed by atoms with Crippen molar-refractivity contribution >= 4 is 28.0 Å². The molecule has 3 aromatic heterocycles. The second kappa shape index (κ2) is 7.36. The van der Waals surface area contributed by atoms with Crippen LogP contribution >= 0.6 is 11.3 Å². The highest BCUT2D eigenvalue weighted by atomic mass is 32.1. The SMILES string of the molecule is Cc1cc(C)n2ncc(C(=O)Nc3nc(CN4CCC(C)CC4)cs3)c2n1. The van der Waals surface area contributed by atoms with Gasteiger partial charge in [0.1, 0.15) is 5.56 Å². The van der Waals surface area contributed by atoms with Gasteiger partial charge < -0.3 is 0 Å². The van der Waals surface area contributed by atoms with Crippen LogP contribution in [-0.2, 0) is 6.54 Å². The Bertz CT molecular complexity index is 970. The average molecular weight is 385 g/mol. The van der Waals surface area contributed by atoms with Crippen LogP contribution in [0.3, 0.4) is 0 Å². The molecule has 4 rings (SSSR count). The van der Waals surface area contributed by atoms with E-state index in [1.165, 1.54) is 24.2 Å². The van der Waals surface area contributed by atoms with Crippen LogP contribution in [0.4, 0.5) is 5.13 Å². The Hall–Kier alpha value is -2.32. The van der Waals surface area contributed by atoms with Crippen molar-refractivity contribution in [3.63, 3.8) is 0 Å². The number of thiazole rings is 1. The van der Waals surface area contributed by atoms with Gasteiger partial charge in [0.15, 0.2) is 10.8 Å². The van der Waals surface area contributed by atoms with E-state index in [1.807, 2.05) is 25.3 Å². The van der Waals surface area contributed by atoms with Crippen LogP contribution in [0.2, 0.25) is 0 Å². The Labute approximate surface area is 162 Å². The smallest absolute Gasteiger partial charge is 0.262 e. The Morgan fingerprint density at radius 2 is 2.07 bits per heavy atom. The number of piperidine rings is 1. The lowest BCUT2D eigenvalue weighted by atomic mass is 9.99. The minimum Gasteiger partial charge on any atom is -0.298 e. The highest BCUT2D eigenvalue weighted by Crippen LogP contribution is 2.22. The molecular formula is C19H24N6OS. The maximum Gasteiger partial charge on any atom is 0.262 e. The summed E-state index contributed by atoms with van der Waals surface area (Å²) in [5.74, 6) is 0.591. The van der Waals surface area contributed by atoms with E-state index in [0.717, 1.165) is 42.6 Å². The lowest BCUT2D eigenvalue weighted by Crippen LogP contribution is -2.32. The van der Waals surface area contributed by atoms with E-state index < -0.39 is 0 Å². The van der Waals surface area contributed by atoms with E-state index >= 15 is 0 Å². The summed E-state index contributed by atoms with van der Waals surface area (Å²) < 4.78 is 1.69. The molecule has 4 heterocycles. The molecule has 1 aliphatic heterocycles. The maximum absolute atomic E-state index is 12.7. The molecule has 3 aromatic rings. The molecule has 7 nitrogen and oxygen atoms in total. The zero-order valence-corrected chi connectivity index (χ0v) is 16.7. The average Bonchev–Trinajstić information content (AvgIpc) is 3.24. The molecule has 8 heteroatoms. The molecule has 1 amide bonds. The van der Waals surface area contributed by atoms with Crippen LogP contribution in [0, 0.1) is 19.8 Å². The number of amides is 1. The van der Waals surface area contributed by atoms with Gasteiger partial charge in [-0.15, -0.1) is 11.3 Å². The Kier molecular flexibility index (Phi) is 4.92. The topological polar surface area (TPSA) is 75.4 Å². The molecule has 1 aliphatic rings. The molecule has 1 fully saturated rings. The highest BCUT2D eigenvalue weighted by molar-refractivity contribution is 7.14. The van der Waals surface area contributed by atoms with Crippen LogP contribution in [0.5, 0.6) is 0 Å². The third-order valence-electron chi connectivity index (χ3n) is 5.06. The molecule has 0 bridgehead atoms. The summed E-state index contributed by atoms with van der Waals surface area (Å²) in [6, 6.07) is 1.94. The number of nitrogens with one attached hydrogen (secondary N) is 1. The minimum absolute atomic E-state index is 0.227. The molecule has 0 aromatic carbocycles. The van der Waals surface area contributed by atoms with Gasteiger partial charge in [-0.1, -0.05) is 6.92 Å². The first-order chi connectivity index (χ1) is 13.0. The summed E-state index contributed by atoms with van der Waals surface area (Å²) in [5.41, 5.74) is 3.85. The number of carbonyl (C=O) groups is 1. The molecule has 1 saturated heterocycles. The lowest BCUT2D eigenvalue weighted by molar-refractivity contribution is 0.102. The Balaban J connectivity index is 1.45. The van der Waals surface area contributed by atoms with E-state index in [1.54, 1.807) is 10.7 Å². The van der Waals surface area contributed by atoms with Crippen LogP contribution in [0.25, 0.3) is 5.65 Å². The first-order valence-electron chi connectivity index (χ1n) is 9.29. The second-order valence-corrected chi connectivity index (χ2v) is 8.25. The predicted molar refractivity (Wildman–Crippen MR) is 106 cm³/mol. The monoisotopic (exact) mass is 384 g/mol. The summed E-state index contributed by atoms with van der Waals surface area (Å²) >= 11 is 1.46. The van der Waals surface area contributed by atoms with Crippen LogP contribution in [0.1, 0.15) is 47.2 Å². The normalized spacial score (nSPS) is 16.1. The number of likely N-dealkylation sites (tertiary alicyclic amines) is 1. The lowest BCUT2D eigenvalue weighted by Gasteiger charge is -2.29. The molecule has 1 N–H and O–H groups in total. The van der Waals surface area contributed by atoms with Crippen molar-refractivity contribution in [2.75, 3.05) is 18.4 Å². The number of hydrogen-bond acceptors (Lipinski definition) is 6. The molecule has 142 valence electrons. The number of nitrogens with zero attached hydrogens (tertiary/aromatic N) is 5. The molecule has 0 aliphatic carbocycles. The van der Waals surface area contributed by atoms with Gasteiger partial charge in [0.05, 0.1) is 11.9 Å². The number of aromatic nitrogens is 4. The molecule has 27 heavy (non-hydrogen) atoms. The zero-order chi connectivity index (χ0) is 19.0. The van der Waals surface area contributed by atoms with Gasteiger partial charge >= 0.3 is 0 Å². The quantitative estimate of drug-likeness (QED) is 0.747. The van der Waals surface area contributed by atoms with Gasteiger partial charge in [0.25, 0.3) is 5.91 Å². The summed E-state index contributed by atoms with van der Waals surface area (Å²) in [5, 5.41) is 9.82. The van der Waals surface area contributed by atoms with Gasteiger partial charge in [-0.05, 0) is 51.8 Å². The molecular weight excluding hydrogens is 360 g/mol. The van der Waals surface area contributed by atoms with E-state index in [-0.39, 0.29) is 5.91 Å². The van der Waals surface area contributed by atoms with Crippen molar-refractivity contribution in [1.82, 2.24) is 24.5 Å². The molecule has 0 saturated carbocycles. The van der Waals surface area contributed by atoms with Crippen molar-refractivity contribution in [2.45, 2.75) is 40.2 Å². The molecule has 0 unspecified atom stereocenters. The van der Waals surface area contributed by atoms with E-state index in [2.05, 4.69) is 32.2 Å². The summed E-state index contributed by atoms with van der Waals surface area (Å²) in [6.45, 7) is 9.25. The van der Waals surface area contributed by atoms with Crippen LogP contribution in [0.15, 0.2) is 17.6 Å². The summed E-state index contributed by atoms with van der Waals surface area (Å²) in [7, 11) is 0. The largest absolute Gasteiger partial charge is 0.298 e. The van der Waals surface area contributed by atoms with Gasteiger partial charge in [-0.25, -0.2) is 14.5 Å². The number of hydrogen-bond donors (Lipinski definition) is 1. The summed E-state index contributed by atoms with van der Waals surface area (Å²) in [6.07, 6.45) is 4.05. The first-order valence-corrected chi connectivity index (χ1v) is 10.2. The molecule has 0 atom stereocenters. The fourth-order valence-corrected chi connectivity index (χ4v) is 4.18. The fraction of sp³-hybridized carbons (Fsp3) is 0.474. The maximum atomic E-state index is 12.7. The van der Waals surface area contributed by atoms with Crippen LogP contribution in [-0.4, -0.2) is 43.5 Å². The second-order valence-electron chi connectivity index (χ2n) is 7.39. The molecule has 0 radical (unpaired) electrons. The van der Waals surface area contributed by atoms with Gasteiger partial charge in [-0.3, -0.25) is 15.0 Å². The zero-order valence-electron chi connectivity index (χ0n) is 15.9. The van der Waals surface area contributed by atoms with Gasteiger partial charge in [0.2, 0.25) is 0 Å². The number of fused-ring (bicyclic) bond motifs is 1. The van der Waals surface area contributed by atoms with Gasteiger partial charge in [0, 0.05) is 23.3 Å². The van der Waals surface area contributed by atoms with E-state index in [4.69, 9.17) is 0 Å². The predicted octanol–water partition coefficient (Wildman–Crippen LogP) is 3.29. The number of carbonyl (C=O) groups excluding carboxylic acids is 1. The number of aryl methyl sites for hydroxylation is 2. The summed E-state index contributed by atoms with van der Waals surface area (Å²) in [4.78, 5) is 24.2. The van der Waals surface area contributed by atoms with Crippen LogP contribution < -0.4 is 5.32 Å². The van der Waals surface area contributed by atoms with Crippen molar-refractivity contribution in [3.8, 4) is 0 Å². The first kappa shape index (κ1) is 18.1. The van der Waals surface area contributed by atoms with Crippen molar-refractivity contribution < 1.29 is 4.79 Å². The van der Waals surface area contributed by atoms with Gasteiger partial charge in [-0.2, -0.15) is 5.10 Å². The number of anilines is 1.